The van der Waals surface area contributed by atoms with Crippen molar-refractivity contribution in [3.63, 3.8) is 0 Å². The van der Waals surface area contributed by atoms with Crippen molar-refractivity contribution in [2.24, 2.45) is 11.7 Å². The predicted octanol–water partition coefficient (Wildman–Crippen LogP) is 4.22. The van der Waals surface area contributed by atoms with Crippen molar-refractivity contribution in [3.8, 4) is 0 Å². The zero-order chi connectivity index (χ0) is 15.2. The van der Waals surface area contributed by atoms with E-state index in [1.54, 1.807) is 0 Å². The van der Waals surface area contributed by atoms with Crippen molar-refractivity contribution in [2.75, 3.05) is 0 Å². The molecule has 0 bridgehead atoms. The number of carbonyl (C=O) groups is 1. The summed E-state index contributed by atoms with van der Waals surface area (Å²) in [5.74, 6) is 1.05. The van der Waals surface area contributed by atoms with E-state index in [4.69, 9.17) is 5.73 Å². The van der Waals surface area contributed by atoms with Crippen LogP contribution in [0.1, 0.15) is 69.4 Å². The second kappa shape index (κ2) is 7.74. The monoisotopic (exact) mass is 287 g/mol. The normalized spacial score (nSPS) is 20.6. The van der Waals surface area contributed by atoms with Crippen LogP contribution in [0.5, 0.6) is 0 Å². The molecular weight excluding hydrogens is 258 g/mol. The number of hydrogen-bond acceptors (Lipinski definition) is 2. The van der Waals surface area contributed by atoms with Gasteiger partial charge in [-0.15, -0.1) is 0 Å². The molecule has 0 spiro atoms. The highest BCUT2D eigenvalue weighted by atomic mass is 16.1. The Morgan fingerprint density at radius 2 is 2.05 bits per heavy atom. The van der Waals surface area contributed by atoms with E-state index in [-0.39, 0.29) is 12.0 Å². The van der Waals surface area contributed by atoms with Crippen molar-refractivity contribution in [2.45, 2.75) is 70.8 Å². The fraction of sp³-hybridized carbons (Fsp3) is 0.632. The number of aryl methyl sites for hydroxylation is 1. The van der Waals surface area contributed by atoms with Gasteiger partial charge in [0.2, 0.25) is 0 Å². The molecule has 0 saturated heterocycles. The van der Waals surface area contributed by atoms with E-state index in [0.717, 1.165) is 32.1 Å². The van der Waals surface area contributed by atoms with Gasteiger partial charge in [-0.2, -0.15) is 0 Å². The lowest BCUT2D eigenvalue weighted by atomic mass is 9.78. The highest BCUT2D eigenvalue weighted by Crippen LogP contribution is 2.34. The first-order valence-electron chi connectivity index (χ1n) is 8.44. The highest BCUT2D eigenvalue weighted by Gasteiger charge is 2.24. The molecule has 2 N–H and O–H groups in total. The fourth-order valence-electron chi connectivity index (χ4n) is 3.42. The van der Waals surface area contributed by atoms with Crippen molar-refractivity contribution >= 4 is 5.78 Å². The minimum absolute atomic E-state index is 0.179. The largest absolute Gasteiger partial charge is 0.328 e. The Bertz CT molecular complexity index is 466. The minimum Gasteiger partial charge on any atom is -0.328 e. The predicted molar refractivity (Wildman–Crippen MR) is 88.4 cm³/mol. The molecule has 2 rings (SSSR count). The van der Waals surface area contributed by atoms with Gasteiger partial charge in [-0.25, -0.2) is 0 Å². The van der Waals surface area contributed by atoms with E-state index in [0.29, 0.717) is 11.7 Å². The number of fused-ring (bicyclic) bond motifs is 1. The molecule has 1 aromatic rings. The highest BCUT2D eigenvalue weighted by molar-refractivity contribution is 5.81. The van der Waals surface area contributed by atoms with Gasteiger partial charge in [-0.1, -0.05) is 37.6 Å². The Labute approximate surface area is 129 Å². The topological polar surface area (TPSA) is 43.1 Å². The molecule has 1 aliphatic carbocycles. The molecule has 1 aromatic carbocycles. The van der Waals surface area contributed by atoms with Gasteiger partial charge >= 0.3 is 0 Å². The van der Waals surface area contributed by atoms with Crippen LogP contribution in [-0.2, 0) is 11.2 Å². The Morgan fingerprint density at radius 1 is 1.29 bits per heavy atom. The number of rotatable bonds is 7. The standard InChI is InChI=1S/C19H29NO/c1-14(7-5-8-15(2)20)19(21)13-17-11-6-10-16-9-3-4-12-18(16)17/h3-4,9,12,14-15,17H,5-8,10-11,13,20H2,1-2H3. The Balaban J connectivity index is 1.88. The van der Waals surface area contributed by atoms with Crippen molar-refractivity contribution < 1.29 is 4.79 Å². The molecule has 2 heteroatoms. The molecule has 0 saturated carbocycles. The maximum absolute atomic E-state index is 12.5. The van der Waals surface area contributed by atoms with Gasteiger partial charge in [0.05, 0.1) is 0 Å². The lowest BCUT2D eigenvalue weighted by Gasteiger charge is -2.26. The summed E-state index contributed by atoms with van der Waals surface area (Å²) in [5, 5.41) is 0. The summed E-state index contributed by atoms with van der Waals surface area (Å²) in [7, 11) is 0. The van der Waals surface area contributed by atoms with E-state index < -0.39 is 0 Å². The third-order valence-corrected chi connectivity index (χ3v) is 4.79. The molecule has 1 aliphatic rings. The van der Waals surface area contributed by atoms with E-state index >= 15 is 0 Å². The summed E-state index contributed by atoms with van der Waals surface area (Å²) in [6, 6.07) is 8.90. The van der Waals surface area contributed by atoms with Gasteiger partial charge in [-0.3, -0.25) is 4.79 Å². The molecule has 116 valence electrons. The number of carbonyl (C=O) groups excluding carboxylic acids is 1. The molecule has 21 heavy (non-hydrogen) atoms. The summed E-state index contributed by atoms with van der Waals surface area (Å²) in [6.07, 6.45) is 7.33. The van der Waals surface area contributed by atoms with Crippen LogP contribution in [-0.4, -0.2) is 11.8 Å². The summed E-state index contributed by atoms with van der Waals surface area (Å²) in [5.41, 5.74) is 8.64. The molecular formula is C19H29NO. The van der Waals surface area contributed by atoms with Crippen LogP contribution in [0.4, 0.5) is 0 Å². The molecule has 0 heterocycles. The Hall–Kier alpha value is -1.15. The fourth-order valence-corrected chi connectivity index (χ4v) is 3.42. The van der Waals surface area contributed by atoms with Crippen LogP contribution >= 0.6 is 0 Å². The first-order valence-corrected chi connectivity index (χ1v) is 8.44. The van der Waals surface area contributed by atoms with Crippen LogP contribution < -0.4 is 5.73 Å². The van der Waals surface area contributed by atoms with E-state index in [1.807, 2.05) is 6.92 Å². The molecule has 2 nitrogen and oxygen atoms in total. The molecule has 3 unspecified atom stereocenters. The lowest BCUT2D eigenvalue weighted by molar-refractivity contribution is -0.123. The molecule has 3 atom stereocenters. The summed E-state index contributed by atoms with van der Waals surface area (Å²) >= 11 is 0. The maximum atomic E-state index is 12.5. The number of ketones is 1. The van der Waals surface area contributed by atoms with Gasteiger partial charge in [0.1, 0.15) is 5.78 Å². The maximum Gasteiger partial charge on any atom is 0.136 e. The first kappa shape index (κ1) is 16.2. The molecule has 0 fully saturated rings. The van der Waals surface area contributed by atoms with Crippen molar-refractivity contribution in [1.29, 1.82) is 0 Å². The summed E-state index contributed by atoms with van der Waals surface area (Å²) in [6.45, 7) is 4.11. The average Bonchev–Trinajstić information content (AvgIpc) is 2.47. The van der Waals surface area contributed by atoms with Crippen LogP contribution in [0.3, 0.4) is 0 Å². The average molecular weight is 287 g/mol. The number of Topliss-reactive ketones (excluding diaryl/α,β-unsaturated/α-hetero) is 1. The third kappa shape index (κ3) is 4.67. The lowest BCUT2D eigenvalue weighted by Crippen LogP contribution is -2.19. The Morgan fingerprint density at radius 3 is 2.81 bits per heavy atom. The summed E-state index contributed by atoms with van der Waals surface area (Å²) < 4.78 is 0. The van der Waals surface area contributed by atoms with E-state index in [1.165, 1.54) is 24.0 Å². The summed E-state index contributed by atoms with van der Waals surface area (Å²) in [4.78, 5) is 12.5. The first-order chi connectivity index (χ1) is 10.1. The second-order valence-corrected chi connectivity index (χ2v) is 6.77. The number of benzene rings is 1. The zero-order valence-corrected chi connectivity index (χ0v) is 13.5. The van der Waals surface area contributed by atoms with Gasteiger partial charge in [0.15, 0.2) is 0 Å². The van der Waals surface area contributed by atoms with Gasteiger partial charge in [0, 0.05) is 18.4 Å². The Kier molecular flexibility index (Phi) is 5.98. The molecule has 0 aliphatic heterocycles. The number of hydrogen-bond donors (Lipinski definition) is 1. The second-order valence-electron chi connectivity index (χ2n) is 6.77. The van der Waals surface area contributed by atoms with Crippen molar-refractivity contribution in [3.05, 3.63) is 35.4 Å². The third-order valence-electron chi connectivity index (χ3n) is 4.79. The smallest absolute Gasteiger partial charge is 0.136 e. The van der Waals surface area contributed by atoms with Crippen LogP contribution in [0.15, 0.2) is 24.3 Å². The molecule has 0 amide bonds. The van der Waals surface area contributed by atoms with Crippen LogP contribution in [0.2, 0.25) is 0 Å². The van der Waals surface area contributed by atoms with Crippen LogP contribution in [0, 0.1) is 5.92 Å². The van der Waals surface area contributed by atoms with Gasteiger partial charge < -0.3 is 5.73 Å². The number of nitrogens with two attached hydrogens (primary N) is 1. The SMILES string of the molecule is CC(N)CCCC(C)C(=O)CC1CCCc2ccccc21. The van der Waals surface area contributed by atoms with Gasteiger partial charge in [-0.05, 0) is 56.1 Å². The zero-order valence-electron chi connectivity index (χ0n) is 13.5. The molecule has 0 aromatic heterocycles. The van der Waals surface area contributed by atoms with E-state index in [9.17, 15) is 4.79 Å². The van der Waals surface area contributed by atoms with Crippen LogP contribution in [0.25, 0.3) is 0 Å². The van der Waals surface area contributed by atoms with Gasteiger partial charge in [0.25, 0.3) is 0 Å². The van der Waals surface area contributed by atoms with E-state index in [2.05, 4.69) is 31.2 Å². The quantitative estimate of drug-likeness (QED) is 0.816. The molecule has 0 radical (unpaired) electrons. The minimum atomic E-state index is 0.179. The van der Waals surface area contributed by atoms with Crippen molar-refractivity contribution in [1.82, 2.24) is 0 Å².